The highest BCUT2D eigenvalue weighted by molar-refractivity contribution is 7.26. The lowest BCUT2D eigenvalue weighted by Gasteiger charge is -2.13. The lowest BCUT2D eigenvalue weighted by molar-refractivity contribution is 1.08. The van der Waals surface area contributed by atoms with Crippen molar-refractivity contribution in [1.29, 1.82) is 0 Å². The van der Waals surface area contributed by atoms with Crippen LogP contribution >= 0.6 is 22.7 Å². The average Bonchev–Trinajstić information content (AvgIpc) is 3.84. The summed E-state index contributed by atoms with van der Waals surface area (Å²) in [4.78, 5) is 15.6. The highest BCUT2D eigenvalue weighted by Crippen LogP contribution is 2.44. The van der Waals surface area contributed by atoms with Crippen LogP contribution in [-0.4, -0.2) is 15.0 Å². The molecule has 0 unspecified atom stereocenters. The quantitative estimate of drug-likeness (QED) is 0.168. The maximum absolute atomic E-state index is 5.28. The fourth-order valence-corrected chi connectivity index (χ4v) is 10.7. The molecule has 0 radical (unpaired) electrons. The van der Waals surface area contributed by atoms with E-state index in [1.54, 1.807) is 0 Å². The zero-order chi connectivity index (χ0) is 36.7. The molecule has 0 bridgehead atoms. The van der Waals surface area contributed by atoms with Gasteiger partial charge in [0.15, 0.2) is 17.5 Å². The SMILES string of the molecule is c1ccc(-c2nc(-c3ccc4sc5ccccc5c4c3)nc(-c3cccc4sc5ccc(-c6cc7c8ccccc8ccc7c7ccccc67)cc5c34)n2)cc1. The number of benzene rings is 9. The average molecular weight is 748 g/mol. The van der Waals surface area contributed by atoms with Crippen molar-refractivity contribution in [2.24, 2.45) is 0 Å². The first-order valence-corrected chi connectivity index (χ1v) is 20.4. The Morgan fingerprint density at radius 3 is 1.77 bits per heavy atom. The molecule has 0 aliphatic rings. The van der Waals surface area contributed by atoms with Gasteiger partial charge in [-0.2, -0.15) is 0 Å². The van der Waals surface area contributed by atoms with E-state index in [0.29, 0.717) is 17.5 Å². The van der Waals surface area contributed by atoms with Crippen molar-refractivity contribution in [3.63, 3.8) is 0 Å². The van der Waals surface area contributed by atoms with Crippen molar-refractivity contribution in [2.75, 3.05) is 0 Å². The van der Waals surface area contributed by atoms with Gasteiger partial charge in [0, 0.05) is 57.0 Å². The number of hydrogen-bond acceptors (Lipinski definition) is 5. The fourth-order valence-electron chi connectivity index (χ4n) is 8.49. The van der Waals surface area contributed by atoms with Crippen LogP contribution in [0.25, 0.3) is 118 Å². The van der Waals surface area contributed by atoms with Crippen molar-refractivity contribution in [3.8, 4) is 45.3 Å². The lowest BCUT2D eigenvalue weighted by atomic mass is 9.90. The first-order valence-electron chi connectivity index (χ1n) is 18.8. The molecule has 3 heterocycles. The largest absolute Gasteiger partial charge is 0.208 e. The van der Waals surface area contributed by atoms with Gasteiger partial charge in [0.2, 0.25) is 0 Å². The molecule has 0 saturated heterocycles. The van der Waals surface area contributed by atoms with Gasteiger partial charge in [-0.05, 0) is 92.0 Å². The second kappa shape index (κ2) is 12.4. The van der Waals surface area contributed by atoms with E-state index in [2.05, 4.69) is 158 Å². The summed E-state index contributed by atoms with van der Waals surface area (Å²) in [6.45, 7) is 0. The zero-order valence-electron chi connectivity index (χ0n) is 29.9. The van der Waals surface area contributed by atoms with E-state index in [9.17, 15) is 0 Å². The summed E-state index contributed by atoms with van der Waals surface area (Å²) in [6.07, 6.45) is 0. The molecule has 0 aliphatic carbocycles. The maximum atomic E-state index is 5.28. The minimum Gasteiger partial charge on any atom is -0.208 e. The Bertz CT molecular complexity index is 3550. The third-order valence-electron chi connectivity index (χ3n) is 11.1. The normalized spacial score (nSPS) is 11.9. The van der Waals surface area contributed by atoms with Gasteiger partial charge < -0.3 is 0 Å². The monoisotopic (exact) mass is 747 g/mol. The molecular weight excluding hydrogens is 719 g/mol. The van der Waals surface area contributed by atoms with E-state index in [-0.39, 0.29) is 0 Å². The summed E-state index contributed by atoms with van der Waals surface area (Å²) < 4.78 is 4.98. The van der Waals surface area contributed by atoms with Crippen molar-refractivity contribution in [1.82, 2.24) is 15.0 Å². The molecule has 3 aromatic heterocycles. The molecule has 0 N–H and O–H groups in total. The second-order valence-electron chi connectivity index (χ2n) is 14.3. The van der Waals surface area contributed by atoms with E-state index in [1.165, 1.54) is 83.8 Å². The summed E-state index contributed by atoms with van der Waals surface area (Å²) in [5, 5.41) is 12.4. The van der Waals surface area contributed by atoms with Gasteiger partial charge in [0.1, 0.15) is 0 Å². The number of nitrogens with zero attached hydrogens (tertiary/aromatic N) is 3. The highest BCUT2D eigenvalue weighted by Gasteiger charge is 2.19. The Balaban J connectivity index is 1.09. The summed E-state index contributed by atoms with van der Waals surface area (Å²) in [5.41, 5.74) is 5.36. The van der Waals surface area contributed by atoms with Crippen LogP contribution in [0, 0.1) is 0 Å². The topological polar surface area (TPSA) is 38.7 Å². The van der Waals surface area contributed by atoms with Crippen molar-refractivity contribution in [2.45, 2.75) is 0 Å². The zero-order valence-corrected chi connectivity index (χ0v) is 31.5. The molecule has 3 nitrogen and oxygen atoms in total. The maximum Gasteiger partial charge on any atom is 0.164 e. The number of fused-ring (bicyclic) bond motifs is 11. The Labute approximate surface area is 329 Å². The number of hydrogen-bond donors (Lipinski definition) is 0. The Kier molecular flexibility index (Phi) is 6.97. The Morgan fingerprint density at radius 1 is 0.286 bits per heavy atom. The van der Waals surface area contributed by atoms with Crippen LogP contribution in [0.4, 0.5) is 0 Å². The van der Waals surface area contributed by atoms with Crippen LogP contribution in [0.15, 0.2) is 176 Å². The van der Waals surface area contributed by atoms with E-state index >= 15 is 0 Å². The van der Waals surface area contributed by atoms with Crippen LogP contribution in [0.1, 0.15) is 0 Å². The van der Waals surface area contributed by atoms with Crippen molar-refractivity contribution < 1.29 is 0 Å². The first kappa shape index (κ1) is 31.5. The molecular formula is C51H29N3S2. The molecule has 0 aliphatic heterocycles. The number of thiophene rings is 2. The molecule has 0 fully saturated rings. The van der Waals surface area contributed by atoms with Crippen LogP contribution in [0.2, 0.25) is 0 Å². The number of aromatic nitrogens is 3. The third kappa shape index (κ3) is 4.92. The minimum absolute atomic E-state index is 0.660. The smallest absolute Gasteiger partial charge is 0.164 e. The van der Waals surface area contributed by atoms with Crippen LogP contribution in [-0.2, 0) is 0 Å². The van der Waals surface area contributed by atoms with Gasteiger partial charge in [-0.1, -0.05) is 127 Å². The summed E-state index contributed by atoms with van der Waals surface area (Å²) in [6, 6.07) is 63.3. The molecule has 0 spiro atoms. The van der Waals surface area contributed by atoms with E-state index in [1.807, 2.05) is 40.9 Å². The molecule has 0 atom stereocenters. The van der Waals surface area contributed by atoms with E-state index < -0.39 is 0 Å². The minimum atomic E-state index is 0.660. The van der Waals surface area contributed by atoms with Crippen molar-refractivity contribution >= 4 is 95.3 Å². The van der Waals surface area contributed by atoms with E-state index in [0.717, 1.165) is 16.7 Å². The predicted molar refractivity (Wildman–Crippen MR) is 240 cm³/mol. The van der Waals surface area contributed by atoms with Crippen LogP contribution in [0.3, 0.4) is 0 Å². The van der Waals surface area contributed by atoms with Gasteiger partial charge in [-0.3, -0.25) is 0 Å². The van der Waals surface area contributed by atoms with Gasteiger partial charge in [-0.15, -0.1) is 22.7 Å². The Morgan fingerprint density at radius 2 is 0.893 bits per heavy atom. The molecule has 56 heavy (non-hydrogen) atoms. The van der Waals surface area contributed by atoms with Gasteiger partial charge >= 0.3 is 0 Å². The third-order valence-corrected chi connectivity index (χ3v) is 13.4. The van der Waals surface area contributed by atoms with Crippen molar-refractivity contribution in [3.05, 3.63) is 176 Å². The van der Waals surface area contributed by atoms with Gasteiger partial charge in [0.05, 0.1) is 0 Å². The molecule has 0 saturated carbocycles. The van der Waals surface area contributed by atoms with Gasteiger partial charge in [-0.25, -0.2) is 15.0 Å². The van der Waals surface area contributed by atoms with Gasteiger partial charge in [0.25, 0.3) is 0 Å². The summed E-state index contributed by atoms with van der Waals surface area (Å²) in [7, 11) is 0. The Hall–Kier alpha value is -6.79. The van der Waals surface area contributed by atoms with E-state index in [4.69, 9.17) is 15.0 Å². The molecule has 0 amide bonds. The highest BCUT2D eigenvalue weighted by atomic mass is 32.1. The lowest BCUT2D eigenvalue weighted by Crippen LogP contribution is -2.00. The van der Waals surface area contributed by atoms with Crippen LogP contribution in [0.5, 0.6) is 0 Å². The second-order valence-corrected chi connectivity index (χ2v) is 16.5. The summed E-state index contributed by atoms with van der Waals surface area (Å²) in [5.74, 6) is 1.99. The molecule has 12 aromatic rings. The standard InChI is InChI=1S/C51H29N3S2/c1-2-12-31(13-3-1)49-52-50(33-23-26-45-42(28-33)38-17-8-9-19-44(38)55-45)54-51(53-49)39-18-10-20-47-48(39)43-27-32(22-25-46(43)56-47)40-29-41-34-14-5-4-11-30(34)21-24-37(41)35-15-6-7-16-36(35)40/h1-29H. The summed E-state index contributed by atoms with van der Waals surface area (Å²) >= 11 is 3.63. The number of rotatable bonds is 4. The molecule has 12 rings (SSSR count). The molecule has 9 aromatic carbocycles. The predicted octanol–water partition coefficient (Wildman–Crippen LogP) is 14.7. The molecule has 260 valence electrons. The van der Waals surface area contributed by atoms with Crippen LogP contribution < -0.4 is 0 Å². The first-order chi connectivity index (χ1) is 27.7. The molecule has 5 heteroatoms. The fraction of sp³-hybridized carbons (Fsp3) is 0.